The van der Waals surface area contributed by atoms with Crippen LogP contribution in [0, 0.1) is 19.8 Å². The second kappa shape index (κ2) is 6.60. The van der Waals surface area contributed by atoms with Gasteiger partial charge in [-0.05, 0) is 32.6 Å². The molecule has 2 heterocycles. The number of hydrogen-bond acceptors (Lipinski definition) is 4. The van der Waals surface area contributed by atoms with Crippen LogP contribution in [0.3, 0.4) is 0 Å². The Morgan fingerprint density at radius 3 is 2.57 bits per heavy atom. The van der Waals surface area contributed by atoms with Crippen LogP contribution in [0.25, 0.3) is 0 Å². The van der Waals surface area contributed by atoms with Crippen molar-refractivity contribution in [3.8, 4) is 0 Å². The van der Waals surface area contributed by atoms with Crippen LogP contribution < -0.4 is 5.32 Å². The fraction of sp³-hybridized carbons (Fsp3) is 0.643. The maximum atomic E-state index is 12.0. The first-order valence-electron chi connectivity index (χ1n) is 7.13. The minimum atomic E-state index is -0.771. The highest BCUT2D eigenvalue weighted by Gasteiger charge is 2.24. The number of aliphatic carboxylic acids is 1. The summed E-state index contributed by atoms with van der Waals surface area (Å²) in [4.78, 5) is 28.6. The zero-order valence-electron chi connectivity index (χ0n) is 12.4. The van der Waals surface area contributed by atoms with Crippen LogP contribution in [0.1, 0.15) is 36.6 Å². The predicted octanol–water partition coefficient (Wildman–Crippen LogP) is 1.69. The molecule has 0 unspecified atom stereocenters. The molecular weight excluding hydrogens is 274 g/mol. The van der Waals surface area contributed by atoms with E-state index in [1.54, 1.807) is 4.90 Å². The zero-order chi connectivity index (χ0) is 15.4. The Morgan fingerprint density at radius 1 is 1.38 bits per heavy atom. The van der Waals surface area contributed by atoms with E-state index in [4.69, 9.17) is 9.52 Å². The standard InChI is InChI=1S/C14H21N3O4/c1-9-10(2)21-12(16-9)8-15-14(20)17-5-3-11(4-6-17)7-13(18)19/h11H,3-8H2,1-2H3,(H,15,20)(H,18,19). The molecule has 2 N–H and O–H groups in total. The van der Waals surface area contributed by atoms with Crippen LogP contribution in [-0.4, -0.2) is 40.1 Å². The molecule has 1 aromatic heterocycles. The van der Waals surface area contributed by atoms with Crippen LogP contribution >= 0.6 is 0 Å². The molecule has 2 amide bonds. The van der Waals surface area contributed by atoms with Crippen molar-refractivity contribution in [3.63, 3.8) is 0 Å². The van der Waals surface area contributed by atoms with Crippen molar-refractivity contribution < 1.29 is 19.1 Å². The number of nitrogens with zero attached hydrogens (tertiary/aromatic N) is 2. The van der Waals surface area contributed by atoms with Gasteiger partial charge in [0.05, 0.1) is 12.2 Å². The van der Waals surface area contributed by atoms with E-state index in [1.807, 2.05) is 13.8 Å². The van der Waals surface area contributed by atoms with E-state index >= 15 is 0 Å². The smallest absolute Gasteiger partial charge is 0.317 e. The number of nitrogens with one attached hydrogen (secondary N) is 1. The molecule has 116 valence electrons. The van der Waals surface area contributed by atoms with Crippen molar-refractivity contribution in [2.24, 2.45) is 5.92 Å². The molecule has 1 fully saturated rings. The SMILES string of the molecule is Cc1nc(CNC(=O)N2CCC(CC(=O)O)CC2)oc1C. The van der Waals surface area contributed by atoms with Gasteiger partial charge in [0.1, 0.15) is 5.76 Å². The largest absolute Gasteiger partial charge is 0.481 e. The summed E-state index contributed by atoms with van der Waals surface area (Å²) in [6.45, 7) is 5.14. The maximum absolute atomic E-state index is 12.0. The molecule has 1 aromatic rings. The van der Waals surface area contributed by atoms with E-state index in [2.05, 4.69) is 10.3 Å². The van der Waals surface area contributed by atoms with E-state index in [0.29, 0.717) is 19.0 Å². The van der Waals surface area contributed by atoms with Crippen molar-refractivity contribution in [1.29, 1.82) is 0 Å². The van der Waals surface area contributed by atoms with Gasteiger partial charge in [-0.3, -0.25) is 4.79 Å². The molecule has 7 nitrogen and oxygen atoms in total. The monoisotopic (exact) mass is 295 g/mol. The average Bonchev–Trinajstić information content (AvgIpc) is 2.75. The van der Waals surface area contributed by atoms with E-state index in [0.717, 1.165) is 24.3 Å². The van der Waals surface area contributed by atoms with Gasteiger partial charge in [0.15, 0.2) is 0 Å². The lowest BCUT2D eigenvalue weighted by Gasteiger charge is -2.31. The third-order valence-electron chi connectivity index (χ3n) is 3.83. The van der Waals surface area contributed by atoms with Gasteiger partial charge in [-0.15, -0.1) is 0 Å². The Hall–Kier alpha value is -2.05. The molecule has 0 saturated carbocycles. The number of piperidine rings is 1. The molecule has 1 aliphatic rings. The van der Waals surface area contributed by atoms with Gasteiger partial charge in [-0.2, -0.15) is 0 Å². The molecule has 0 aromatic carbocycles. The van der Waals surface area contributed by atoms with Gasteiger partial charge in [0, 0.05) is 19.5 Å². The quantitative estimate of drug-likeness (QED) is 0.881. The van der Waals surface area contributed by atoms with Gasteiger partial charge >= 0.3 is 12.0 Å². The summed E-state index contributed by atoms with van der Waals surface area (Å²) < 4.78 is 5.40. The van der Waals surface area contributed by atoms with Crippen molar-refractivity contribution in [2.45, 2.75) is 39.7 Å². The number of oxazole rings is 1. The summed E-state index contributed by atoms with van der Waals surface area (Å²) in [6.07, 6.45) is 1.65. The molecule has 2 rings (SSSR count). The number of rotatable bonds is 4. The number of amides is 2. The van der Waals surface area contributed by atoms with Crippen LogP contribution in [0.4, 0.5) is 4.79 Å². The molecule has 0 atom stereocenters. The maximum Gasteiger partial charge on any atom is 0.317 e. The number of carboxylic acid groups (broad SMARTS) is 1. The molecule has 0 radical (unpaired) electrons. The Morgan fingerprint density at radius 2 is 2.05 bits per heavy atom. The van der Waals surface area contributed by atoms with Crippen molar-refractivity contribution >= 4 is 12.0 Å². The van der Waals surface area contributed by atoms with Crippen LogP contribution in [0.5, 0.6) is 0 Å². The van der Waals surface area contributed by atoms with Gasteiger partial charge in [0.2, 0.25) is 5.89 Å². The average molecular weight is 295 g/mol. The highest BCUT2D eigenvalue weighted by molar-refractivity contribution is 5.74. The number of urea groups is 1. The molecule has 1 saturated heterocycles. The normalized spacial score (nSPS) is 16.0. The molecule has 0 aliphatic carbocycles. The lowest BCUT2D eigenvalue weighted by Crippen LogP contribution is -2.44. The second-order valence-corrected chi connectivity index (χ2v) is 5.44. The lowest BCUT2D eigenvalue weighted by molar-refractivity contribution is -0.138. The molecule has 0 bridgehead atoms. The summed E-state index contributed by atoms with van der Waals surface area (Å²) >= 11 is 0. The number of aromatic nitrogens is 1. The Bertz CT molecular complexity index is 499. The van der Waals surface area contributed by atoms with Crippen molar-refractivity contribution in [3.05, 3.63) is 17.3 Å². The summed E-state index contributed by atoms with van der Waals surface area (Å²) in [7, 11) is 0. The number of carboxylic acids is 1. The summed E-state index contributed by atoms with van der Waals surface area (Å²) in [5.74, 6) is 0.656. The second-order valence-electron chi connectivity index (χ2n) is 5.44. The van der Waals surface area contributed by atoms with Crippen molar-refractivity contribution in [1.82, 2.24) is 15.2 Å². The fourth-order valence-electron chi connectivity index (χ4n) is 2.46. The van der Waals surface area contributed by atoms with Gasteiger partial charge in [-0.1, -0.05) is 0 Å². The number of carbonyl (C=O) groups excluding carboxylic acids is 1. The number of carbonyl (C=O) groups is 2. The van der Waals surface area contributed by atoms with E-state index in [-0.39, 0.29) is 24.9 Å². The van der Waals surface area contributed by atoms with E-state index < -0.39 is 5.97 Å². The van der Waals surface area contributed by atoms with Gasteiger partial charge in [0.25, 0.3) is 0 Å². The summed E-state index contributed by atoms with van der Waals surface area (Å²) in [6, 6.07) is -0.155. The minimum absolute atomic E-state index is 0.155. The summed E-state index contributed by atoms with van der Waals surface area (Å²) in [5, 5.41) is 11.5. The summed E-state index contributed by atoms with van der Waals surface area (Å²) in [5.41, 5.74) is 0.828. The number of hydrogen-bond donors (Lipinski definition) is 2. The first-order valence-corrected chi connectivity index (χ1v) is 7.13. The Balaban J connectivity index is 1.76. The molecule has 1 aliphatic heterocycles. The highest BCUT2D eigenvalue weighted by atomic mass is 16.4. The first-order chi connectivity index (χ1) is 9.95. The lowest BCUT2D eigenvalue weighted by atomic mass is 9.94. The van der Waals surface area contributed by atoms with Crippen molar-refractivity contribution in [2.75, 3.05) is 13.1 Å². The Labute approximate surface area is 123 Å². The number of aryl methyl sites for hydroxylation is 2. The van der Waals surface area contributed by atoms with Gasteiger partial charge < -0.3 is 19.7 Å². The third-order valence-corrected chi connectivity index (χ3v) is 3.83. The first kappa shape index (κ1) is 15.3. The van der Waals surface area contributed by atoms with Crippen LogP contribution in [-0.2, 0) is 11.3 Å². The zero-order valence-corrected chi connectivity index (χ0v) is 12.4. The van der Waals surface area contributed by atoms with E-state index in [9.17, 15) is 9.59 Å². The predicted molar refractivity (Wildman–Crippen MR) is 74.8 cm³/mol. The molecular formula is C14H21N3O4. The minimum Gasteiger partial charge on any atom is -0.481 e. The molecule has 0 spiro atoms. The highest BCUT2D eigenvalue weighted by Crippen LogP contribution is 2.20. The van der Waals surface area contributed by atoms with E-state index in [1.165, 1.54) is 0 Å². The molecule has 21 heavy (non-hydrogen) atoms. The van der Waals surface area contributed by atoms with Gasteiger partial charge in [-0.25, -0.2) is 9.78 Å². The number of likely N-dealkylation sites (tertiary alicyclic amines) is 1. The third kappa shape index (κ3) is 4.21. The topological polar surface area (TPSA) is 95.7 Å². The van der Waals surface area contributed by atoms with Crippen LogP contribution in [0.2, 0.25) is 0 Å². The molecule has 7 heteroatoms. The van der Waals surface area contributed by atoms with Crippen LogP contribution in [0.15, 0.2) is 4.42 Å². The fourth-order valence-corrected chi connectivity index (χ4v) is 2.46. The Kier molecular flexibility index (Phi) is 4.82.